The van der Waals surface area contributed by atoms with Gasteiger partial charge in [0.2, 0.25) is 0 Å². The molecule has 150 valence electrons. The lowest BCUT2D eigenvalue weighted by Gasteiger charge is -2.29. The van der Waals surface area contributed by atoms with E-state index in [2.05, 4.69) is 10.1 Å². The SMILES string of the molecule is CO[C@@](CF)(CCc1ccc2c(N)ncnn12)CO[PH](=O)Oc1ccccc1. The molecule has 0 aliphatic rings. The van der Waals surface area contributed by atoms with Crippen LogP contribution in [-0.4, -0.2) is 40.6 Å². The molecule has 0 fully saturated rings. The Morgan fingerprint density at radius 3 is 2.75 bits per heavy atom. The highest BCUT2D eigenvalue weighted by molar-refractivity contribution is 7.33. The zero-order valence-electron chi connectivity index (χ0n) is 15.4. The Morgan fingerprint density at radius 2 is 2.04 bits per heavy atom. The number of nitrogens with two attached hydrogens (primary N) is 1. The number of nitrogens with zero attached hydrogens (tertiary/aromatic N) is 3. The van der Waals surface area contributed by atoms with Crippen LogP contribution < -0.4 is 10.3 Å². The van der Waals surface area contributed by atoms with E-state index in [1.54, 1.807) is 34.8 Å². The maximum atomic E-state index is 13.8. The molecule has 2 heterocycles. The fraction of sp³-hybridized carbons (Fsp3) is 0.333. The average molecular weight is 408 g/mol. The summed E-state index contributed by atoms with van der Waals surface area (Å²) in [5, 5.41) is 4.17. The minimum absolute atomic E-state index is 0.203. The fourth-order valence-electron chi connectivity index (χ4n) is 2.75. The van der Waals surface area contributed by atoms with Crippen LogP contribution in [0.15, 0.2) is 48.8 Å². The molecular weight excluding hydrogens is 386 g/mol. The molecular formula is C18H22FN4O4P. The van der Waals surface area contributed by atoms with Crippen molar-refractivity contribution in [2.45, 2.75) is 18.4 Å². The van der Waals surface area contributed by atoms with Gasteiger partial charge >= 0.3 is 8.25 Å². The Kier molecular flexibility index (Phi) is 6.61. The summed E-state index contributed by atoms with van der Waals surface area (Å²) in [6.45, 7) is -1.00. The predicted octanol–water partition coefficient (Wildman–Crippen LogP) is 3.08. The normalized spacial score (nSPS) is 14.6. The van der Waals surface area contributed by atoms with Crippen molar-refractivity contribution in [3.05, 3.63) is 54.5 Å². The van der Waals surface area contributed by atoms with Crippen LogP contribution in [0.3, 0.4) is 0 Å². The zero-order chi connectivity index (χ0) is 20.0. The van der Waals surface area contributed by atoms with Gasteiger partial charge in [0.25, 0.3) is 0 Å². The molecule has 0 radical (unpaired) electrons. The van der Waals surface area contributed by atoms with Crippen molar-refractivity contribution in [2.75, 3.05) is 26.1 Å². The second-order valence-corrected chi connectivity index (χ2v) is 7.23. The molecule has 0 bridgehead atoms. The van der Waals surface area contributed by atoms with Gasteiger partial charge in [0, 0.05) is 12.8 Å². The van der Waals surface area contributed by atoms with Gasteiger partial charge in [0.15, 0.2) is 5.82 Å². The van der Waals surface area contributed by atoms with Crippen LogP contribution in [-0.2, 0) is 20.2 Å². The molecule has 0 saturated carbocycles. The zero-order valence-corrected chi connectivity index (χ0v) is 16.4. The summed E-state index contributed by atoms with van der Waals surface area (Å²) in [5.74, 6) is 0.788. The Morgan fingerprint density at radius 1 is 1.25 bits per heavy atom. The first-order chi connectivity index (χ1) is 13.6. The highest BCUT2D eigenvalue weighted by atomic mass is 31.1. The fourth-order valence-corrected chi connectivity index (χ4v) is 3.52. The smallest absolute Gasteiger partial charge is 0.367 e. The summed E-state index contributed by atoms with van der Waals surface area (Å²) >= 11 is 0. The van der Waals surface area contributed by atoms with E-state index in [0.717, 1.165) is 5.69 Å². The number of para-hydroxylation sites is 1. The largest absolute Gasteiger partial charge is 0.426 e. The van der Waals surface area contributed by atoms with Crippen molar-refractivity contribution in [1.29, 1.82) is 0 Å². The summed E-state index contributed by atoms with van der Waals surface area (Å²) in [6.07, 6.45) is 2.10. The van der Waals surface area contributed by atoms with Crippen molar-refractivity contribution in [1.82, 2.24) is 14.6 Å². The van der Waals surface area contributed by atoms with E-state index >= 15 is 0 Å². The van der Waals surface area contributed by atoms with Gasteiger partial charge in [0.05, 0.1) is 6.61 Å². The number of benzene rings is 1. The van der Waals surface area contributed by atoms with E-state index in [1.807, 2.05) is 12.1 Å². The van der Waals surface area contributed by atoms with E-state index in [9.17, 15) is 8.96 Å². The number of aromatic nitrogens is 3. The van der Waals surface area contributed by atoms with Gasteiger partial charge in [-0.1, -0.05) is 18.2 Å². The minimum Gasteiger partial charge on any atom is -0.426 e. The maximum Gasteiger partial charge on any atom is 0.367 e. The number of hydrogen-bond donors (Lipinski definition) is 1. The third-order valence-corrected chi connectivity index (χ3v) is 5.25. The van der Waals surface area contributed by atoms with Gasteiger partial charge in [-0.2, -0.15) is 5.10 Å². The number of halogens is 1. The first kappa shape index (κ1) is 20.3. The molecule has 0 aliphatic carbocycles. The van der Waals surface area contributed by atoms with Crippen molar-refractivity contribution < 1.29 is 22.7 Å². The Balaban J connectivity index is 1.62. The van der Waals surface area contributed by atoms with E-state index in [-0.39, 0.29) is 13.0 Å². The van der Waals surface area contributed by atoms with Gasteiger partial charge in [-0.3, -0.25) is 4.52 Å². The lowest BCUT2D eigenvalue weighted by molar-refractivity contribution is -0.0653. The third-order valence-electron chi connectivity index (χ3n) is 4.47. The van der Waals surface area contributed by atoms with Crippen LogP contribution in [0.25, 0.3) is 5.52 Å². The first-order valence-corrected chi connectivity index (χ1v) is 9.87. The van der Waals surface area contributed by atoms with E-state index < -0.39 is 20.5 Å². The lowest BCUT2D eigenvalue weighted by Crippen LogP contribution is -2.39. The Hall–Kier alpha value is -2.48. The molecule has 0 saturated heterocycles. The predicted molar refractivity (Wildman–Crippen MR) is 103 cm³/mol. The second-order valence-electron chi connectivity index (χ2n) is 6.24. The third kappa shape index (κ3) is 4.67. The van der Waals surface area contributed by atoms with Gasteiger partial charge in [-0.05, 0) is 37.1 Å². The number of hydrogen-bond acceptors (Lipinski definition) is 7. The Bertz CT molecular complexity index is 934. The minimum atomic E-state index is -2.84. The maximum absolute atomic E-state index is 13.8. The second kappa shape index (κ2) is 9.14. The summed E-state index contributed by atoms with van der Waals surface area (Å²) in [4.78, 5) is 3.94. The monoisotopic (exact) mass is 408 g/mol. The van der Waals surface area contributed by atoms with Gasteiger partial charge in [-0.15, -0.1) is 0 Å². The van der Waals surface area contributed by atoms with Crippen LogP contribution in [0.1, 0.15) is 12.1 Å². The average Bonchev–Trinajstić information content (AvgIpc) is 3.14. The number of alkyl halides is 1. The molecule has 8 nitrogen and oxygen atoms in total. The van der Waals surface area contributed by atoms with E-state index in [1.165, 1.54) is 13.4 Å². The highest BCUT2D eigenvalue weighted by Gasteiger charge is 2.32. The molecule has 3 rings (SSSR count). The van der Waals surface area contributed by atoms with Crippen molar-refractivity contribution in [3.63, 3.8) is 0 Å². The molecule has 0 amide bonds. The molecule has 10 heteroatoms. The number of aryl methyl sites for hydroxylation is 1. The van der Waals surface area contributed by atoms with Crippen molar-refractivity contribution in [3.8, 4) is 5.75 Å². The molecule has 0 aliphatic heterocycles. The van der Waals surface area contributed by atoms with Crippen LogP contribution >= 0.6 is 8.25 Å². The quantitative estimate of drug-likeness (QED) is 0.515. The lowest BCUT2D eigenvalue weighted by atomic mass is 9.99. The summed E-state index contributed by atoms with van der Waals surface area (Å²) in [7, 11) is -1.45. The van der Waals surface area contributed by atoms with Crippen molar-refractivity contribution in [2.24, 2.45) is 0 Å². The standard InChI is InChI=1S/C18H22FN4O4P/c1-25-18(11-19,12-26-28(24)27-15-5-3-2-4-6-15)10-9-14-7-8-16-17(20)21-13-22-23(14)16/h2-8,13,28H,9-12H2,1H3,(H2,20,21,22)/t18-/m1/s1. The number of anilines is 1. The summed E-state index contributed by atoms with van der Waals surface area (Å²) < 4.78 is 43.4. The topological polar surface area (TPSA) is 101 Å². The van der Waals surface area contributed by atoms with Gasteiger partial charge < -0.3 is 15.0 Å². The summed E-state index contributed by atoms with van der Waals surface area (Å²) in [6, 6.07) is 12.3. The number of ether oxygens (including phenoxy) is 1. The first-order valence-electron chi connectivity index (χ1n) is 8.65. The molecule has 2 atom stereocenters. The molecule has 3 aromatic rings. The molecule has 1 aromatic carbocycles. The van der Waals surface area contributed by atoms with Crippen molar-refractivity contribution >= 4 is 19.6 Å². The van der Waals surface area contributed by atoms with Crippen LogP contribution in [0, 0.1) is 0 Å². The highest BCUT2D eigenvalue weighted by Crippen LogP contribution is 2.31. The van der Waals surface area contributed by atoms with Crippen LogP contribution in [0.5, 0.6) is 5.75 Å². The molecule has 2 aromatic heterocycles. The number of fused-ring (bicyclic) bond motifs is 1. The van der Waals surface area contributed by atoms with Gasteiger partial charge in [-0.25, -0.2) is 18.5 Å². The van der Waals surface area contributed by atoms with E-state index in [0.29, 0.717) is 23.5 Å². The number of methoxy groups -OCH3 is 1. The molecule has 28 heavy (non-hydrogen) atoms. The number of nitrogen functional groups attached to an aromatic ring is 1. The van der Waals surface area contributed by atoms with E-state index in [4.69, 9.17) is 19.5 Å². The van der Waals surface area contributed by atoms with Gasteiger partial charge in [0.1, 0.15) is 29.9 Å². The molecule has 0 spiro atoms. The number of rotatable bonds is 10. The Labute approximate surface area is 162 Å². The van der Waals surface area contributed by atoms with Crippen LogP contribution in [0.2, 0.25) is 0 Å². The molecule has 2 N–H and O–H groups in total. The van der Waals surface area contributed by atoms with Crippen LogP contribution in [0.4, 0.5) is 10.2 Å². The summed E-state index contributed by atoms with van der Waals surface area (Å²) in [5.41, 5.74) is 6.08. The molecule has 1 unspecified atom stereocenters.